The molecule has 3 heterocycles. The van der Waals surface area contributed by atoms with Crippen molar-refractivity contribution in [1.82, 2.24) is 14.9 Å². The lowest BCUT2D eigenvalue weighted by Gasteiger charge is -2.29. The standard InChI is InChI=1S/C28H28ClN5O3S2/c1-17-14-22(18(2)33(17)20-9-7-8-19(29)15-20)27-26(24-10-5-6-13-30-24)31-28(38)34(27)21-11-12-23(25(16-21)37-3)32-39(4,35)36/h5-16,26-27,32H,1-4H3,(H,31,38)/t26-,27+/m0/s1. The number of nitrogens with one attached hydrogen (secondary N) is 2. The zero-order valence-corrected chi connectivity index (χ0v) is 24.2. The van der Waals surface area contributed by atoms with Gasteiger partial charge in [0.1, 0.15) is 5.75 Å². The van der Waals surface area contributed by atoms with E-state index in [2.05, 4.69) is 39.5 Å². The summed E-state index contributed by atoms with van der Waals surface area (Å²) in [6.07, 6.45) is 2.87. The fourth-order valence-electron chi connectivity index (χ4n) is 5.16. The third-order valence-corrected chi connectivity index (χ3v) is 7.85. The smallest absolute Gasteiger partial charge is 0.229 e. The Labute approximate surface area is 238 Å². The van der Waals surface area contributed by atoms with E-state index in [-0.39, 0.29) is 12.1 Å². The summed E-state index contributed by atoms with van der Waals surface area (Å²) < 4.78 is 34.0. The number of rotatable bonds is 7. The molecule has 1 fully saturated rings. The Bertz CT molecular complexity index is 1660. The van der Waals surface area contributed by atoms with E-state index < -0.39 is 10.0 Å². The fourth-order valence-corrected chi connectivity index (χ4v) is 6.26. The van der Waals surface area contributed by atoms with Crippen LogP contribution in [0, 0.1) is 13.8 Å². The molecule has 8 nitrogen and oxygen atoms in total. The Balaban J connectivity index is 1.67. The number of hydrogen-bond acceptors (Lipinski definition) is 5. The normalized spacial score (nSPS) is 17.3. The van der Waals surface area contributed by atoms with Crippen LogP contribution in [0.2, 0.25) is 5.02 Å². The summed E-state index contributed by atoms with van der Waals surface area (Å²) in [5.74, 6) is 0.380. The molecule has 2 N–H and O–H groups in total. The van der Waals surface area contributed by atoms with Gasteiger partial charge >= 0.3 is 0 Å². The maximum absolute atomic E-state index is 11.9. The van der Waals surface area contributed by atoms with Crippen LogP contribution in [0.1, 0.15) is 34.7 Å². The first-order valence-corrected chi connectivity index (χ1v) is 14.9. The first-order chi connectivity index (χ1) is 18.6. The number of pyridine rings is 1. The molecule has 2 aromatic carbocycles. The lowest BCUT2D eigenvalue weighted by Crippen LogP contribution is -2.29. The number of halogens is 1. The van der Waals surface area contributed by atoms with Crippen molar-refractivity contribution in [2.24, 2.45) is 0 Å². The maximum atomic E-state index is 11.9. The highest BCUT2D eigenvalue weighted by Gasteiger charge is 2.42. The van der Waals surface area contributed by atoms with Gasteiger partial charge in [-0.1, -0.05) is 23.7 Å². The predicted octanol–water partition coefficient (Wildman–Crippen LogP) is 5.70. The van der Waals surface area contributed by atoms with Crippen molar-refractivity contribution < 1.29 is 13.2 Å². The van der Waals surface area contributed by atoms with Crippen LogP contribution < -0.4 is 19.7 Å². The second kappa shape index (κ2) is 10.5. The number of sulfonamides is 1. The minimum Gasteiger partial charge on any atom is -0.494 e. The molecule has 5 rings (SSSR count). The van der Waals surface area contributed by atoms with Crippen molar-refractivity contribution >= 4 is 50.3 Å². The average Bonchev–Trinajstić information content (AvgIpc) is 3.38. The second-order valence-corrected chi connectivity index (χ2v) is 12.0. The molecule has 1 aliphatic rings. The van der Waals surface area contributed by atoms with Crippen LogP contribution in [0.5, 0.6) is 5.75 Å². The molecular formula is C28H28ClN5O3S2. The Kier molecular flexibility index (Phi) is 7.28. The Morgan fingerprint density at radius 3 is 2.51 bits per heavy atom. The largest absolute Gasteiger partial charge is 0.494 e. The molecule has 2 aromatic heterocycles. The number of nitrogens with zero attached hydrogens (tertiary/aromatic N) is 3. The van der Waals surface area contributed by atoms with E-state index in [9.17, 15) is 8.42 Å². The van der Waals surface area contributed by atoms with E-state index in [1.165, 1.54) is 7.11 Å². The summed E-state index contributed by atoms with van der Waals surface area (Å²) in [6.45, 7) is 4.14. The molecule has 202 valence electrons. The van der Waals surface area contributed by atoms with Crippen LogP contribution in [0.25, 0.3) is 5.69 Å². The number of ether oxygens (including phenoxy) is 1. The third kappa shape index (κ3) is 5.32. The Hall–Kier alpha value is -3.60. The number of thiocarbonyl (C=S) groups is 1. The lowest BCUT2D eigenvalue weighted by atomic mass is 9.96. The van der Waals surface area contributed by atoms with Gasteiger partial charge in [0.2, 0.25) is 10.0 Å². The Morgan fingerprint density at radius 2 is 1.85 bits per heavy atom. The number of hydrogen-bond donors (Lipinski definition) is 2. The van der Waals surface area contributed by atoms with Gasteiger partial charge in [0.05, 0.1) is 36.8 Å². The van der Waals surface area contributed by atoms with Crippen molar-refractivity contribution in [1.29, 1.82) is 0 Å². The molecule has 39 heavy (non-hydrogen) atoms. The van der Waals surface area contributed by atoms with Crippen molar-refractivity contribution in [3.05, 3.63) is 101 Å². The topological polar surface area (TPSA) is 88.5 Å². The quantitative estimate of drug-likeness (QED) is 0.271. The highest BCUT2D eigenvalue weighted by Crippen LogP contribution is 2.45. The molecule has 1 aliphatic heterocycles. The van der Waals surface area contributed by atoms with Gasteiger partial charge in [-0.15, -0.1) is 0 Å². The van der Waals surface area contributed by atoms with E-state index in [1.807, 2.05) is 53.4 Å². The number of aryl methyl sites for hydroxylation is 1. The summed E-state index contributed by atoms with van der Waals surface area (Å²) in [5.41, 5.74) is 6.07. The van der Waals surface area contributed by atoms with Gasteiger partial charge < -0.3 is 19.5 Å². The van der Waals surface area contributed by atoms with E-state index >= 15 is 0 Å². The number of methoxy groups -OCH3 is 1. The van der Waals surface area contributed by atoms with Gasteiger partial charge in [-0.25, -0.2) is 8.42 Å². The van der Waals surface area contributed by atoms with Gasteiger partial charge in [-0.2, -0.15) is 0 Å². The zero-order chi connectivity index (χ0) is 27.9. The molecular weight excluding hydrogens is 554 g/mol. The molecule has 0 saturated carbocycles. The molecule has 1 saturated heterocycles. The van der Waals surface area contributed by atoms with Crippen molar-refractivity contribution in [2.45, 2.75) is 25.9 Å². The Morgan fingerprint density at radius 1 is 1.05 bits per heavy atom. The highest BCUT2D eigenvalue weighted by molar-refractivity contribution is 7.92. The van der Waals surface area contributed by atoms with E-state index in [1.54, 1.807) is 18.3 Å². The van der Waals surface area contributed by atoms with Gasteiger partial charge in [0, 0.05) is 40.0 Å². The minimum absolute atomic E-state index is 0.244. The number of benzene rings is 2. The summed E-state index contributed by atoms with van der Waals surface area (Å²) in [6, 6.07) is 20.5. The van der Waals surface area contributed by atoms with Gasteiger partial charge in [0.15, 0.2) is 5.11 Å². The van der Waals surface area contributed by atoms with Crippen LogP contribution in [0.4, 0.5) is 11.4 Å². The molecule has 0 amide bonds. The average molecular weight is 582 g/mol. The molecule has 0 bridgehead atoms. The SMILES string of the molecule is COc1cc(N2C(=S)N[C@@H](c3ccccn3)[C@H]2c2cc(C)n(-c3cccc(Cl)c3)c2C)ccc1NS(C)(=O)=O. The molecule has 2 atom stereocenters. The fraction of sp³-hybridized carbons (Fsp3) is 0.214. The maximum Gasteiger partial charge on any atom is 0.229 e. The molecule has 0 radical (unpaired) electrons. The molecule has 0 unspecified atom stereocenters. The summed E-state index contributed by atoms with van der Waals surface area (Å²) in [7, 11) is -1.99. The highest BCUT2D eigenvalue weighted by atomic mass is 35.5. The lowest BCUT2D eigenvalue weighted by molar-refractivity contribution is 0.417. The molecule has 11 heteroatoms. The van der Waals surface area contributed by atoms with Crippen LogP contribution in [0.15, 0.2) is 72.9 Å². The molecule has 0 spiro atoms. The first-order valence-electron chi connectivity index (χ1n) is 12.2. The van der Waals surface area contributed by atoms with Crippen LogP contribution in [0.3, 0.4) is 0 Å². The summed E-state index contributed by atoms with van der Waals surface area (Å²) in [5, 5.41) is 4.66. The van der Waals surface area contributed by atoms with Gasteiger partial charge in [0.25, 0.3) is 0 Å². The van der Waals surface area contributed by atoms with E-state index in [0.29, 0.717) is 21.6 Å². The van der Waals surface area contributed by atoms with Gasteiger partial charge in [-0.3, -0.25) is 9.71 Å². The minimum atomic E-state index is -3.49. The molecule has 4 aromatic rings. The van der Waals surface area contributed by atoms with Crippen molar-refractivity contribution in [3.8, 4) is 11.4 Å². The summed E-state index contributed by atoms with van der Waals surface area (Å²) >= 11 is 12.2. The predicted molar refractivity (Wildman–Crippen MR) is 160 cm³/mol. The first kappa shape index (κ1) is 27.0. The van der Waals surface area contributed by atoms with Crippen molar-refractivity contribution in [2.75, 3.05) is 23.0 Å². The zero-order valence-electron chi connectivity index (χ0n) is 21.8. The van der Waals surface area contributed by atoms with Crippen LogP contribution >= 0.6 is 23.8 Å². The number of aromatic nitrogens is 2. The van der Waals surface area contributed by atoms with E-state index in [4.69, 9.17) is 28.6 Å². The van der Waals surface area contributed by atoms with Crippen LogP contribution in [-0.4, -0.2) is 36.4 Å². The molecule has 0 aliphatic carbocycles. The number of anilines is 2. The van der Waals surface area contributed by atoms with Gasteiger partial charge in [-0.05, 0) is 80.2 Å². The summed E-state index contributed by atoms with van der Waals surface area (Å²) in [4.78, 5) is 6.67. The third-order valence-electron chi connectivity index (χ3n) is 6.71. The van der Waals surface area contributed by atoms with Crippen LogP contribution in [-0.2, 0) is 10.0 Å². The monoisotopic (exact) mass is 581 g/mol. The van der Waals surface area contributed by atoms with Crippen molar-refractivity contribution in [3.63, 3.8) is 0 Å². The second-order valence-electron chi connectivity index (χ2n) is 9.40. The van der Waals surface area contributed by atoms with E-state index in [0.717, 1.165) is 40.3 Å².